The number of carbonyl (C=O) groups is 1. The minimum atomic E-state index is -0.680. The van der Waals surface area contributed by atoms with E-state index in [1.807, 2.05) is 17.9 Å². The highest BCUT2D eigenvalue weighted by molar-refractivity contribution is 5.76. The molecule has 1 aromatic carbocycles. The summed E-state index contributed by atoms with van der Waals surface area (Å²) in [5.41, 5.74) is 1.84. The molecule has 1 amide bonds. The van der Waals surface area contributed by atoms with Crippen LogP contribution >= 0.6 is 0 Å². The summed E-state index contributed by atoms with van der Waals surface area (Å²) in [7, 11) is 0. The third-order valence-electron chi connectivity index (χ3n) is 5.73. The molecule has 3 rings (SSSR count). The molecule has 0 spiro atoms. The Morgan fingerprint density at radius 2 is 1.87 bits per heavy atom. The molecule has 1 saturated heterocycles. The van der Waals surface area contributed by atoms with Crippen molar-refractivity contribution in [3.63, 3.8) is 0 Å². The van der Waals surface area contributed by atoms with Gasteiger partial charge in [-0.2, -0.15) is 0 Å². The van der Waals surface area contributed by atoms with E-state index in [-0.39, 0.29) is 11.3 Å². The summed E-state index contributed by atoms with van der Waals surface area (Å²) in [5.74, 6) is 0.226. The number of carbonyl (C=O) groups excluding carboxylic acids is 1. The van der Waals surface area contributed by atoms with Crippen molar-refractivity contribution in [3.05, 3.63) is 35.4 Å². The largest absolute Gasteiger partial charge is 0.388 e. The van der Waals surface area contributed by atoms with E-state index in [0.29, 0.717) is 13.0 Å². The molecule has 1 fully saturated rings. The number of nitrogens with zero attached hydrogens (tertiary/aromatic N) is 2. The molecule has 2 heterocycles. The van der Waals surface area contributed by atoms with Gasteiger partial charge in [-0.25, -0.2) is 0 Å². The van der Waals surface area contributed by atoms with Crippen LogP contribution in [0.5, 0.6) is 0 Å². The molecule has 0 unspecified atom stereocenters. The monoisotopic (exact) mass is 316 g/mol. The normalized spacial score (nSPS) is 27.0. The van der Waals surface area contributed by atoms with Crippen LogP contribution in [0.25, 0.3) is 0 Å². The summed E-state index contributed by atoms with van der Waals surface area (Å²) >= 11 is 0. The number of amides is 1. The van der Waals surface area contributed by atoms with Gasteiger partial charge in [0.1, 0.15) is 0 Å². The summed E-state index contributed by atoms with van der Waals surface area (Å²) in [6.07, 6.45) is 1.49. The maximum atomic E-state index is 12.5. The minimum Gasteiger partial charge on any atom is -0.388 e. The summed E-state index contributed by atoms with van der Waals surface area (Å²) in [5, 5.41) is 10.5. The molecule has 23 heavy (non-hydrogen) atoms. The molecule has 0 aliphatic carbocycles. The fraction of sp³-hybridized carbons (Fsp3) is 0.632. The molecular formula is C19H28N2O2. The number of fused-ring (bicyclic) bond motifs is 1. The zero-order valence-electron chi connectivity index (χ0n) is 14.5. The fourth-order valence-corrected chi connectivity index (χ4v) is 3.71. The molecule has 1 N–H and O–H groups in total. The zero-order chi connectivity index (χ0) is 16.7. The predicted molar refractivity (Wildman–Crippen MR) is 91.0 cm³/mol. The molecule has 4 nitrogen and oxygen atoms in total. The van der Waals surface area contributed by atoms with Crippen molar-refractivity contribution in [2.45, 2.75) is 45.8 Å². The molecule has 2 aliphatic heterocycles. The van der Waals surface area contributed by atoms with E-state index < -0.39 is 5.60 Å². The van der Waals surface area contributed by atoms with Gasteiger partial charge in [0.25, 0.3) is 0 Å². The van der Waals surface area contributed by atoms with Gasteiger partial charge in [0.15, 0.2) is 0 Å². The van der Waals surface area contributed by atoms with Crippen molar-refractivity contribution in [3.8, 4) is 0 Å². The number of hydrogen-bond donors (Lipinski definition) is 1. The number of likely N-dealkylation sites (tertiary alicyclic amines) is 1. The van der Waals surface area contributed by atoms with Crippen LogP contribution in [0.2, 0.25) is 0 Å². The maximum absolute atomic E-state index is 12.5. The summed E-state index contributed by atoms with van der Waals surface area (Å²) in [6, 6.07) is 8.39. The average molecular weight is 316 g/mol. The Morgan fingerprint density at radius 3 is 2.52 bits per heavy atom. The lowest BCUT2D eigenvalue weighted by Crippen LogP contribution is -2.40. The first kappa shape index (κ1) is 16.5. The molecule has 126 valence electrons. The van der Waals surface area contributed by atoms with Gasteiger partial charge < -0.3 is 10.0 Å². The number of hydrogen-bond acceptors (Lipinski definition) is 3. The van der Waals surface area contributed by atoms with Crippen LogP contribution in [0.3, 0.4) is 0 Å². The highest BCUT2D eigenvalue weighted by Crippen LogP contribution is 2.38. The molecule has 2 aliphatic rings. The van der Waals surface area contributed by atoms with Crippen molar-refractivity contribution in [1.29, 1.82) is 0 Å². The van der Waals surface area contributed by atoms with E-state index in [1.54, 1.807) is 0 Å². The van der Waals surface area contributed by atoms with Gasteiger partial charge in [0.05, 0.1) is 5.60 Å². The van der Waals surface area contributed by atoms with Gasteiger partial charge in [0.2, 0.25) is 5.91 Å². The first-order chi connectivity index (χ1) is 10.8. The molecule has 1 atom stereocenters. The molecule has 0 bridgehead atoms. The van der Waals surface area contributed by atoms with E-state index in [1.165, 1.54) is 11.1 Å². The van der Waals surface area contributed by atoms with Crippen LogP contribution in [-0.2, 0) is 17.8 Å². The lowest BCUT2D eigenvalue weighted by molar-refractivity contribution is -0.132. The molecule has 1 aromatic rings. The summed E-state index contributed by atoms with van der Waals surface area (Å²) in [6.45, 7) is 9.86. The van der Waals surface area contributed by atoms with Gasteiger partial charge in [0, 0.05) is 44.6 Å². The van der Waals surface area contributed by atoms with E-state index >= 15 is 0 Å². The minimum absolute atomic E-state index is 0.125. The summed E-state index contributed by atoms with van der Waals surface area (Å²) in [4.78, 5) is 16.7. The topological polar surface area (TPSA) is 43.8 Å². The molecular weight excluding hydrogens is 288 g/mol. The predicted octanol–water partition coefficient (Wildman–Crippen LogP) is 2.05. The Morgan fingerprint density at radius 1 is 1.17 bits per heavy atom. The number of β-amino-alcohol motifs (C(OH)–C–C–N with tert-alkyl or cyclic N) is 1. The highest BCUT2D eigenvalue weighted by atomic mass is 16.3. The second-order valence-corrected chi connectivity index (χ2v) is 7.95. The van der Waals surface area contributed by atoms with Gasteiger partial charge >= 0.3 is 0 Å². The van der Waals surface area contributed by atoms with E-state index in [2.05, 4.69) is 36.9 Å². The van der Waals surface area contributed by atoms with Gasteiger partial charge in [-0.15, -0.1) is 0 Å². The van der Waals surface area contributed by atoms with Crippen LogP contribution in [0.4, 0.5) is 0 Å². The van der Waals surface area contributed by atoms with Crippen LogP contribution in [0.1, 0.15) is 38.3 Å². The Balaban J connectivity index is 1.53. The second kappa shape index (κ2) is 5.91. The molecule has 0 saturated carbocycles. The lowest BCUT2D eigenvalue weighted by atomic mass is 9.79. The van der Waals surface area contributed by atoms with Crippen molar-refractivity contribution in [1.82, 2.24) is 9.80 Å². The number of rotatable bonds is 3. The van der Waals surface area contributed by atoms with Crippen molar-refractivity contribution in [2.75, 3.05) is 26.2 Å². The fourth-order valence-electron chi connectivity index (χ4n) is 3.71. The zero-order valence-corrected chi connectivity index (χ0v) is 14.5. The second-order valence-electron chi connectivity index (χ2n) is 7.95. The molecule has 0 radical (unpaired) electrons. The lowest BCUT2D eigenvalue weighted by Gasteiger charge is -2.31. The third kappa shape index (κ3) is 3.29. The van der Waals surface area contributed by atoms with Crippen LogP contribution in [-0.4, -0.2) is 52.6 Å². The molecule has 0 aromatic heterocycles. The van der Waals surface area contributed by atoms with Gasteiger partial charge in [-0.1, -0.05) is 38.1 Å². The van der Waals surface area contributed by atoms with Gasteiger partial charge in [-0.05, 0) is 24.5 Å². The molecule has 4 heteroatoms. The Labute approximate surface area is 139 Å². The van der Waals surface area contributed by atoms with Crippen LogP contribution < -0.4 is 0 Å². The van der Waals surface area contributed by atoms with E-state index in [4.69, 9.17) is 0 Å². The van der Waals surface area contributed by atoms with Crippen molar-refractivity contribution in [2.24, 2.45) is 5.41 Å². The van der Waals surface area contributed by atoms with E-state index in [9.17, 15) is 9.90 Å². The quantitative estimate of drug-likeness (QED) is 0.928. The number of benzene rings is 1. The third-order valence-corrected chi connectivity index (χ3v) is 5.73. The smallest absolute Gasteiger partial charge is 0.224 e. The highest BCUT2D eigenvalue weighted by Gasteiger charge is 2.47. The first-order valence-electron chi connectivity index (χ1n) is 8.58. The SMILES string of the molecule is CC1(C)CN(CCC(=O)N2CCc3ccccc3C2)C[C@@]1(C)O. The van der Waals surface area contributed by atoms with Crippen LogP contribution in [0, 0.1) is 5.41 Å². The Hall–Kier alpha value is -1.39. The van der Waals surface area contributed by atoms with Crippen molar-refractivity contribution < 1.29 is 9.90 Å². The average Bonchev–Trinajstić information content (AvgIpc) is 2.72. The Kier molecular flexibility index (Phi) is 4.23. The summed E-state index contributed by atoms with van der Waals surface area (Å²) < 4.78 is 0. The van der Waals surface area contributed by atoms with Crippen molar-refractivity contribution >= 4 is 5.91 Å². The van der Waals surface area contributed by atoms with Crippen LogP contribution in [0.15, 0.2) is 24.3 Å². The Bertz CT molecular complexity index is 579. The van der Waals surface area contributed by atoms with E-state index in [0.717, 1.165) is 32.6 Å². The van der Waals surface area contributed by atoms with Gasteiger partial charge in [-0.3, -0.25) is 9.69 Å². The first-order valence-corrected chi connectivity index (χ1v) is 8.58. The number of aliphatic hydroxyl groups is 1. The standard InChI is InChI=1S/C19H28N2O2/c1-18(2)13-20(14-19(18,3)23)10-9-17(22)21-11-8-15-6-4-5-7-16(15)12-21/h4-7,23H,8-14H2,1-3H3/t19-/m1/s1. The maximum Gasteiger partial charge on any atom is 0.224 e.